The van der Waals surface area contributed by atoms with Crippen molar-refractivity contribution in [3.63, 3.8) is 0 Å². The minimum atomic E-state index is -1.50. The summed E-state index contributed by atoms with van der Waals surface area (Å²) in [6.45, 7) is 0.995. The highest BCUT2D eigenvalue weighted by atomic mass is 35.5. The Balaban J connectivity index is 1.89. The molecule has 0 unspecified atom stereocenters. The molecule has 1 N–H and O–H groups in total. The number of pyridine rings is 1. The van der Waals surface area contributed by atoms with Crippen molar-refractivity contribution in [2.75, 3.05) is 20.1 Å². The lowest BCUT2D eigenvalue weighted by Crippen LogP contribution is -2.38. The second-order valence-corrected chi connectivity index (χ2v) is 5.90. The standard InChI is InChI=1S/C14H16ClFN4O2/c1-20-4-2-14(16,3-5-20)12-10(15)6-9(7-17-12)13-18-11(8-21)22-19-13/h6-7,21H,2-5,8H2,1H3. The van der Waals surface area contributed by atoms with Crippen LogP contribution in [0.15, 0.2) is 16.8 Å². The molecule has 0 bridgehead atoms. The molecule has 1 fully saturated rings. The van der Waals surface area contributed by atoms with Gasteiger partial charge in [0.2, 0.25) is 5.82 Å². The predicted molar refractivity (Wildman–Crippen MR) is 78.0 cm³/mol. The number of alkyl halides is 1. The van der Waals surface area contributed by atoms with Crippen LogP contribution >= 0.6 is 11.6 Å². The van der Waals surface area contributed by atoms with Crippen LogP contribution in [0.3, 0.4) is 0 Å². The molecular formula is C14H16ClFN4O2. The van der Waals surface area contributed by atoms with Crippen LogP contribution in [0.4, 0.5) is 4.39 Å². The third-order valence-electron chi connectivity index (χ3n) is 3.91. The fraction of sp³-hybridized carbons (Fsp3) is 0.500. The molecular weight excluding hydrogens is 311 g/mol. The maximum atomic E-state index is 15.1. The quantitative estimate of drug-likeness (QED) is 0.931. The van der Waals surface area contributed by atoms with Crippen LogP contribution in [0, 0.1) is 0 Å². The zero-order valence-corrected chi connectivity index (χ0v) is 12.8. The first-order valence-electron chi connectivity index (χ1n) is 6.99. The van der Waals surface area contributed by atoms with E-state index < -0.39 is 5.67 Å². The number of nitrogens with zero attached hydrogens (tertiary/aromatic N) is 4. The van der Waals surface area contributed by atoms with Crippen LogP contribution < -0.4 is 0 Å². The molecule has 3 heterocycles. The van der Waals surface area contributed by atoms with Crippen molar-refractivity contribution < 1.29 is 14.0 Å². The first kappa shape index (κ1) is 15.3. The Hall–Kier alpha value is -1.57. The third-order valence-corrected chi connectivity index (χ3v) is 4.19. The molecule has 0 radical (unpaired) electrons. The summed E-state index contributed by atoms with van der Waals surface area (Å²) in [4.78, 5) is 10.3. The van der Waals surface area contributed by atoms with Gasteiger partial charge in [0.1, 0.15) is 6.61 Å². The van der Waals surface area contributed by atoms with Crippen molar-refractivity contribution in [1.29, 1.82) is 0 Å². The molecule has 1 saturated heterocycles. The second kappa shape index (κ2) is 5.91. The Morgan fingerprint density at radius 3 is 2.77 bits per heavy atom. The lowest BCUT2D eigenvalue weighted by atomic mass is 9.89. The minimum Gasteiger partial charge on any atom is -0.387 e. The first-order chi connectivity index (χ1) is 10.5. The minimum absolute atomic E-state index is 0.104. The predicted octanol–water partition coefficient (Wildman–Crippen LogP) is 2.17. The van der Waals surface area contributed by atoms with Crippen molar-refractivity contribution >= 4 is 11.6 Å². The highest BCUT2D eigenvalue weighted by molar-refractivity contribution is 6.31. The summed E-state index contributed by atoms with van der Waals surface area (Å²) >= 11 is 6.23. The van der Waals surface area contributed by atoms with Gasteiger partial charge in [0.25, 0.3) is 5.89 Å². The maximum absolute atomic E-state index is 15.1. The Morgan fingerprint density at radius 1 is 1.45 bits per heavy atom. The number of aromatic nitrogens is 3. The largest absolute Gasteiger partial charge is 0.387 e. The van der Waals surface area contributed by atoms with Crippen LogP contribution in [-0.2, 0) is 12.3 Å². The number of aliphatic hydroxyl groups excluding tert-OH is 1. The number of rotatable bonds is 3. The van der Waals surface area contributed by atoms with Crippen LogP contribution in [0.2, 0.25) is 5.02 Å². The molecule has 3 rings (SSSR count). The van der Waals surface area contributed by atoms with Gasteiger partial charge in [-0.3, -0.25) is 4.98 Å². The molecule has 0 spiro atoms. The van der Waals surface area contributed by atoms with E-state index in [1.807, 2.05) is 7.05 Å². The summed E-state index contributed by atoms with van der Waals surface area (Å²) in [7, 11) is 1.96. The normalized spacial score (nSPS) is 18.5. The molecule has 6 nitrogen and oxygen atoms in total. The van der Waals surface area contributed by atoms with Crippen LogP contribution in [-0.4, -0.2) is 45.3 Å². The lowest BCUT2D eigenvalue weighted by Gasteiger charge is -2.34. The number of likely N-dealkylation sites (tertiary alicyclic amines) is 1. The van der Waals surface area contributed by atoms with Gasteiger partial charge in [-0.25, -0.2) is 4.39 Å². The van der Waals surface area contributed by atoms with Gasteiger partial charge in [-0.2, -0.15) is 4.98 Å². The summed E-state index contributed by atoms with van der Waals surface area (Å²) < 4.78 is 19.9. The molecule has 0 atom stereocenters. The van der Waals surface area contributed by atoms with Gasteiger partial charge in [0.05, 0.1) is 10.7 Å². The Kier molecular flexibility index (Phi) is 4.12. The van der Waals surface area contributed by atoms with E-state index in [4.69, 9.17) is 21.2 Å². The summed E-state index contributed by atoms with van der Waals surface area (Å²) in [6, 6.07) is 1.58. The molecule has 22 heavy (non-hydrogen) atoms. The van der Waals surface area contributed by atoms with Crippen LogP contribution in [0.5, 0.6) is 0 Å². The maximum Gasteiger partial charge on any atom is 0.252 e. The van der Waals surface area contributed by atoms with E-state index >= 15 is 4.39 Å². The van der Waals surface area contributed by atoms with Crippen molar-refractivity contribution in [2.45, 2.75) is 25.1 Å². The first-order valence-corrected chi connectivity index (χ1v) is 7.37. The van der Waals surface area contributed by atoms with Gasteiger partial charge in [0, 0.05) is 24.8 Å². The SMILES string of the molecule is CN1CCC(F)(c2ncc(-c3noc(CO)n3)cc2Cl)CC1. The van der Waals surface area contributed by atoms with E-state index in [-0.39, 0.29) is 29.0 Å². The molecule has 0 aliphatic carbocycles. The van der Waals surface area contributed by atoms with Gasteiger partial charge in [-0.1, -0.05) is 16.8 Å². The van der Waals surface area contributed by atoms with Crippen molar-refractivity contribution in [3.8, 4) is 11.4 Å². The Morgan fingerprint density at radius 2 is 2.18 bits per heavy atom. The van der Waals surface area contributed by atoms with E-state index in [1.165, 1.54) is 6.20 Å². The highest BCUT2D eigenvalue weighted by Gasteiger charge is 2.38. The molecule has 8 heteroatoms. The molecule has 1 aliphatic rings. The number of hydrogen-bond donors (Lipinski definition) is 1. The zero-order valence-electron chi connectivity index (χ0n) is 12.1. The van der Waals surface area contributed by atoms with Crippen molar-refractivity contribution in [2.24, 2.45) is 0 Å². The van der Waals surface area contributed by atoms with Gasteiger partial charge in [-0.05, 0) is 26.0 Å². The van der Waals surface area contributed by atoms with Crippen molar-refractivity contribution in [1.82, 2.24) is 20.0 Å². The smallest absolute Gasteiger partial charge is 0.252 e. The van der Waals surface area contributed by atoms with Crippen molar-refractivity contribution in [3.05, 3.63) is 28.9 Å². The number of aliphatic hydroxyl groups is 1. The van der Waals surface area contributed by atoms with E-state index in [1.54, 1.807) is 6.07 Å². The Labute approximate surface area is 131 Å². The van der Waals surface area contributed by atoms with Gasteiger partial charge >= 0.3 is 0 Å². The summed E-state index contributed by atoms with van der Waals surface area (Å²) in [5.41, 5.74) is -0.721. The molecule has 0 aromatic carbocycles. The fourth-order valence-corrected chi connectivity index (χ4v) is 2.87. The van der Waals surface area contributed by atoms with Gasteiger partial charge < -0.3 is 14.5 Å². The van der Waals surface area contributed by atoms with E-state index in [2.05, 4.69) is 20.0 Å². The number of halogens is 2. The summed E-state index contributed by atoms with van der Waals surface area (Å²) in [6.07, 6.45) is 2.21. The topological polar surface area (TPSA) is 75.3 Å². The van der Waals surface area contributed by atoms with Crippen LogP contribution in [0.25, 0.3) is 11.4 Å². The number of hydrogen-bond acceptors (Lipinski definition) is 6. The molecule has 2 aromatic rings. The molecule has 1 aliphatic heterocycles. The average Bonchev–Trinajstić information content (AvgIpc) is 2.99. The highest BCUT2D eigenvalue weighted by Crippen LogP contribution is 2.39. The van der Waals surface area contributed by atoms with E-state index in [0.717, 1.165) is 0 Å². The van der Waals surface area contributed by atoms with Gasteiger partial charge in [-0.15, -0.1) is 0 Å². The average molecular weight is 327 g/mol. The summed E-state index contributed by atoms with van der Waals surface area (Å²) in [5, 5.41) is 12.9. The van der Waals surface area contributed by atoms with Crippen LogP contribution in [0.1, 0.15) is 24.4 Å². The molecule has 0 saturated carbocycles. The lowest BCUT2D eigenvalue weighted by molar-refractivity contribution is 0.0635. The monoisotopic (exact) mass is 326 g/mol. The zero-order chi connectivity index (χ0) is 15.7. The fourth-order valence-electron chi connectivity index (χ4n) is 2.54. The molecule has 0 amide bonds. The Bertz CT molecular complexity index is 671. The second-order valence-electron chi connectivity index (χ2n) is 5.49. The third kappa shape index (κ3) is 2.84. The van der Waals surface area contributed by atoms with E-state index in [9.17, 15) is 0 Å². The molecule has 118 valence electrons. The van der Waals surface area contributed by atoms with Gasteiger partial charge in [0.15, 0.2) is 5.67 Å². The summed E-state index contributed by atoms with van der Waals surface area (Å²) in [5.74, 6) is 0.369. The molecule has 2 aromatic heterocycles. The number of piperidine rings is 1. The van der Waals surface area contributed by atoms with E-state index in [0.29, 0.717) is 31.5 Å².